The molecule has 21 heavy (non-hydrogen) atoms. The molecule has 0 fully saturated rings. The summed E-state index contributed by atoms with van der Waals surface area (Å²) in [5.74, 6) is -1.14. The molecule has 1 aromatic rings. The normalized spacial score (nSPS) is 11.0. The lowest BCUT2D eigenvalue weighted by atomic mass is 10.1. The fraction of sp³-hybridized carbons (Fsp3) is 0.375. The number of carbonyl (C=O) groups excluding carboxylic acids is 1. The Balaban J connectivity index is 2.69. The molecule has 5 heteroatoms. The quantitative estimate of drug-likeness (QED) is 0.783. The van der Waals surface area contributed by atoms with E-state index in [1.165, 1.54) is 6.08 Å². The predicted molar refractivity (Wildman–Crippen MR) is 81.2 cm³/mol. The Morgan fingerprint density at radius 1 is 1.38 bits per heavy atom. The Kier molecular flexibility index (Phi) is 6.62. The first kappa shape index (κ1) is 16.9. The molecule has 5 nitrogen and oxygen atoms in total. The number of hydrogen-bond donors (Lipinski definition) is 1. The van der Waals surface area contributed by atoms with E-state index in [0.717, 1.165) is 6.08 Å². The molecule has 1 aromatic carbocycles. The van der Waals surface area contributed by atoms with Crippen LogP contribution < -0.4 is 0 Å². The highest BCUT2D eigenvalue weighted by molar-refractivity contribution is 5.95. The number of likely N-dealkylation sites (N-methyl/N-ethyl adjacent to an activating group) is 1. The summed E-state index contributed by atoms with van der Waals surface area (Å²) in [5, 5.41) is 8.61. The van der Waals surface area contributed by atoms with Crippen molar-refractivity contribution >= 4 is 18.0 Å². The van der Waals surface area contributed by atoms with Crippen LogP contribution in [0.2, 0.25) is 0 Å². The van der Waals surface area contributed by atoms with Gasteiger partial charge in [0.05, 0.1) is 12.7 Å². The molecule has 0 atom stereocenters. The maximum atomic E-state index is 12.2. The van der Waals surface area contributed by atoms with E-state index < -0.39 is 5.97 Å². The van der Waals surface area contributed by atoms with Gasteiger partial charge in [-0.2, -0.15) is 0 Å². The minimum Gasteiger partial charge on any atom is -0.478 e. The highest BCUT2D eigenvalue weighted by atomic mass is 16.5. The van der Waals surface area contributed by atoms with Crippen molar-refractivity contribution in [2.75, 3.05) is 20.2 Å². The summed E-state index contributed by atoms with van der Waals surface area (Å²) in [6.45, 7) is 4.88. The summed E-state index contributed by atoms with van der Waals surface area (Å²) < 4.78 is 5.42. The first-order chi connectivity index (χ1) is 9.90. The molecule has 1 amide bonds. The number of carboxylic acids is 1. The van der Waals surface area contributed by atoms with Crippen LogP contribution >= 0.6 is 0 Å². The lowest BCUT2D eigenvalue weighted by Crippen LogP contribution is -2.30. The fourth-order valence-electron chi connectivity index (χ4n) is 1.69. The molecule has 0 aromatic heterocycles. The lowest BCUT2D eigenvalue weighted by molar-refractivity contribution is -0.131. The molecule has 1 N–H and O–H groups in total. The van der Waals surface area contributed by atoms with E-state index in [0.29, 0.717) is 24.3 Å². The van der Waals surface area contributed by atoms with E-state index in [9.17, 15) is 9.59 Å². The number of benzene rings is 1. The van der Waals surface area contributed by atoms with Crippen LogP contribution in [0.4, 0.5) is 0 Å². The largest absolute Gasteiger partial charge is 0.478 e. The van der Waals surface area contributed by atoms with Gasteiger partial charge < -0.3 is 14.7 Å². The highest BCUT2D eigenvalue weighted by Crippen LogP contribution is 2.09. The number of ether oxygens (including phenoxy) is 1. The van der Waals surface area contributed by atoms with Crippen LogP contribution in [0.1, 0.15) is 29.8 Å². The maximum Gasteiger partial charge on any atom is 0.328 e. The smallest absolute Gasteiger partial charge is 0.328 e. The number of carboxylic acid groups (broad SMARTS) is 1. The van der Waals surface area contributed by atoms with Crippen LogP contribution in [0.25, 0.3) is 6.08 Å². The molecule has 1 rings (SSSR count). The molecule has 0 heterocycles. The summed E-state index contributed by atoms with van der Waals surface area (Å²) in [4.78, 5) is 24.3. The third kappa shape index (κ3) is 6.23. The Hall–Kier alpha value is -2.14. The monoisotopic (exact) mass is 291 g/mol. The molecule has 0 spiro atoms. The van der Waals surface area contributed by atoms with Gasteiger partial charge in [-0.05, 0) is 37.6 Å². The third-order valence-corrected chi connectivity index (χ3v) is 2.78. The van der Waals surface area contributed by atoms with E-state index in [1.54, 1.807) is 36.2 Å². The molecule has 0 saturated carbocycles. The minimum absolute atomic E-state index is 0.118. The molecule has 0 aliphatic carbocycles. The van der Waals surface area contributed by atoms with E-state index in [-0.39, 0.29) is 12.0 Å². The van der Waals surface area contributed by atoms with Gasteiger partial charge in [0.25, 0.3) is 5.91 Å². The van der Waals surface area contributed by atoms with Gasteiger partial charge in [0.15, 0.2) is 0 Å². The number of nitrogens with zero attached hydrogens (tertiary/aromatic N) is 1. The second-order valence-corrected chi connectivity index (χ2v) is 4.94. The third-order valence-electron chi connectivity index (χ3n) is 2.78. The predicted octanol–water partition coefficient (Wildman–Crippen LogP) is 2.28. The number of aliphatic carboxylic acids is 1. The van der Waals surface area contributed by atoms with E-state index in [2.05, 4.69) is 0 Å². The van der Waals surface area contributed by atoms with Crippen LogP contribution in [0, 0.1) is 0 Å². The summed E-state index contributed by atoms with van der Waals surface area (Å²) in [6, 6.07) is 6.85. The van der Waals surface area contributed by atoms with E-state index >= 15 is 0 Å². The van der Waals surface area contributed by atoms with Gasteiger partial charge in [0, 0.05) is 25.2 Å². The molecular formula is C16H21NO4. The van der Waals surface area contributed by atoms with Crippen LogP contribution in [-0.2, 0) is 9.53 Å². The average Bonchev–Trinajstić information content (AvgIpc) is 2.44. The van der Waals surface area contributed by atoms with Crippen LogP contribution in [0.15, 0.2) is 30.3 Å². The van der Waals surface area contributed by atoms with Crippen LogP contribution in [-0.4, -0.2) is 48.2 Å². The summed E-state index contributed by atoms with van der Waals surface area (Å²) >= 11 is 0. The standard InChI is InChI=1S/C16H21NO4/c1-12(2)21-10-9-17(3)16(20)14-6-4-5-13(11-14)7-8-15(18)19/h4-8,11-12H,9-10H2,1-3H3,(H,18,19)/b8-7+. The van der Waals surface area contributed by atoms with Gasteiger partial charge >= 0.3 is 5.97 Å². The van der Waals surface area contributed by atoms with Gasteiger partial charge in [-0.15, -0.1) is 0 Å². The first-order valence-corrected chi connectivity index (χ1v) is 6.78. The number of hydrogen-bond acceptors (Lipinski definition) is 3. The van der Waals surface area contributed by atoms with Crippen molar-refractivity contribution in [3.63, 3.8) is 0 Å². The summed E-state index contributed by atoms with van der Waals surface area (Å²) in [5.41, 5.74) is 1.20. The zero-order valence-electron chi connectivity index (χ0n) is 12.6. The first-order valence-electron chi connectivity index (χ1n) is 6.78. The van der Waals surface area contributed by atoms with E-state index in [4.69, 9.17) is 9.84 Å². The van der Waals surface area contributed by atoms with Gasteiger partial charge in [0.1, 0.15) is 0 Å². The topological polar surface area (TPSA) is 66.8 Å². The minimum atomic E-state index is -1.02. The van der Waals surface area contributed by atoms with Gasteiger partial charge in [0.2, 0.25) is 0 Å². The molecule has 114 valence electrons. The summed E-state index contributed by atoms with van der Waals surface area (Å²) in [7, 11) is 1.71. The molecule has 0 bridgehead atoms. The number of rotatable bonds is 7. The Morgan fingerprint density at radius 3 is 2.71 bits per heavy atom. The molecular weight excluding hydrogens is 270 g/mol. The van der Waals surface area contributed by atoms with Crippen molar-refractivity contribution in [3.8, 4) is 0 Å². The van der Waals surface area contributed by atoms with Crippen molar-refractivity contribution in [3.05, 3.63) is 41.5 Å². The van der Waals surface area contributed by atoms with Crippen molar-refractivity contribution in [2.45, 2.75) is 20.0 Å². The van der Waals surface area contributed by atoms with Gasteiger partial charge in [-0.1, -0.05) is 12.1 Å². The molecule has 0 aliphatic rings. The average molecular weight is 291 g/mol. The fourth-order valence-corrected chi connectivity index (χ4v) is 1.69. The SMILES string of the molecule is CC(C)OCCN(C)C(=O)c1cccc(/C=C/C(=O)O)c1. The second-order valence-electron chi connectivity index (χ2n) is 4.94. The van der Waals surface area contributed by atoms with Crippen molar-refractivity contribution < 1.29 is 19.4 Å². The zero-order valence-corrected chi connectivity index (χ0v) is 12.6. The summed E-state index contributed by atoms with van der Waals surface area (Å²) in [6.07, 6.45) is 2.64. The Bertz CT molecular complexity index is 523. The van der Waals surface area contributed by atoms with Gasteiger partial charge in [-0.3, -0.25) is 4.79 Å². The maximum absolute atomic E-state index is 12.2. The van der Waals surface area contributed by atoms with Crippen LogP contribution in [0.3, 0.4) is 0 Å². The zero-order chi connectivity index (χ0) is 15.8. The Morgan fingerprint density at radius 2 is 2.10 bits per heavy atom. The number of amides is 1. The van der Waals surface area contributed by atoms with Crippen molar-refractivity contribution in [1.82, 2.24) is 4.90 Å². The molecule has 0 radical (unpaired) electrons. The van der Waals surface area contributed by atoms with E-state index in [1.807, 2.05) is 13.8 Å². The Labute approximate surface area is 124 Å². The highest BCUT2D eigenvalue weighted by Gasteiger charge is 2.11. The lowest BCUT2D eigenvalue weighted by Gasteiger charge is -2.18. The van der Waals surface area contributed by atoms with Crippen molar-refractivity contribution in [2.24, 2.45) is 0 Å². The van der Waals surface area contributed by atoms with Crippen LogP contribution in [0.5, 0.6) is 0 Å². The number of carbonyl (C=O) groups is 2. The molecule has 0 saturated heterocycles. The van der Waals surface area contributed by atoms with Crippen molar-refractivity contribution in [1.29, 1.82) is 0 Å². The second kappa shape index (κ2) is 8.21. The van der Waals surface area contributed by atoms with Gasteiger partial charge in [-0.25, -0.2) is 4.79 Å². The molecule has 0 unspecified atom stereocenters. The molecule has 0 aliphatic heterocycles.